The van der Waals surface area contributed by atoms with Crippen molar-refractivity contribution in [1.29, 1.82) is 5.26 Å². The Morgan fingerprint density at radius 2 is 2.00 bits per heavy atom. The predicted molar refractivity (Wildman–Crippen MR) is 113 cm³/mol. The van der Waals surface area contributed by atoms with Crippen LogP contribution in [0.4, 0.5) is 0 Å². The topological polar surface area (TPSA) is 70.9 Å². The molecule has 1 N–H and O–H groups in total. The molecule has 0 aliphatic carbocycles. The van der Waals surface area contributed by atoms with Crippen molar-refractivity contribution in [2.75, 3.05) is 13.1 Å². The minimum Gasteiger partial charge on any atom is -0.315 e. The lowest BCUT2D eigenvalue weighted by molar-refractivity contribution is 0.347. The molecule has 144 valence electrons. The van der Waals surface area contributed by atoms with Gasteiger partial charge in [-0.15, -0.1) is 0 Å². The highest BCUT2D eigenvalue weighted by molar-refractivity contribution is 7.99. The van der Waals surface area contributed by atoms with Crippen LogP contribution in [0.2, 0.25) is 0 Å². The van der Waals surface area contributed by atoms with E-state index in [1.807, 2.05) is 30.6 Å². The number of pyridine rings is 1. The van der Waals surface area contributed by atoms with E-state index < -0.39 is 0 Å². The second kappa shape index (κ2) is 7.74. The quantitative estimate of drug-likeness (QED) is 0.557. The molecule has 6 nitrogen and oxygen atoms in total. The van der Waals surface area contributed by atoms with E-state index in [9.17, 15) is 5.26 Å². The van der Waals surface area contributed by atoms with Crippen LogP contribution >= 0.6 is 11.8 Å². The number of hydrogen-bond donors (Lipinski definition) is 1. The van der Waals surface area contributed by atoms with Gasteiger partial charge in [-0.25, -0.2) is 4.52 Å². The number of piperidine rings is 1. The zero-order chi connectivity index (χ0) is 19.6. The monoisotopic (exact) mass is 400 g/mol. The predicted octanol–water partition coefficient (Wildman–Crippen LogP) is 4.15. The number of rotatable bonds is 4. The molecule has 1 fully saturated rings. The molecule has 29 heavy (non-hydrogen) atoms. The number of nitrogens with zero attached hydrogens (tertiary/aromatic N) is 5. The molecule has 1 aliphatic heterocycles. The molecular weight excluding hydrogens is 380 g/mol. The van der Waals surface area contributed by atoms with E-state index in [2.05, 4.69) is 50.7 Å². The molecule has 4 aromatic rings. The molecule has 3 aromatic heterocycles. The van der Waals surface area contributed by atoms with Gasteiger partial charge in [0, 0.05) is 39.9 Å². The first-order chi connectivity index (χ1) is 14.3. The maximum absolute atomic E-state index is 9.52. The van der Waals surface area contributed by atoms with Gasteiger partial charge in [-0.1, -0.05) is 30.0 Å². The van der Waals surface area contributed by atoms with Crippen molar-refractivity contribution in [1.82, 2.24) is 24.7 Å². The molecule has 1 saturated heterocycles. The largest absolute Gasteiger partial charge is 0.315 e. The summed E-state index contributed by atoms with van der Waals surface area (Å²) in [5.74, 6) is 0. The molecule has 0 spiro atoms. The first kappa shape index (κ1) is 18.0. The van der Waals surface area contributed by atoms with Gasteiger partial charge in [0.05, 0.1) is 29.5 Å². The Hall–Kier alpha value is -3.08. The molecule has 1 atom stereocenters. The van der Waals surface area contributed by atoms with E-state index in [0.29, 0.717) is 11.6 Å². The van der Waals surface area contributed by atoms with Crippen molar-refractivity contribution >= 4 is 17.3 Å². The van der Waals surface area contributed by atoms with Crippen LogP contribution in [0.1, 0.15) is 24.4 Å². The van der Waals surface area contributed by atoms with Crippen LogP contribution in [-0.4, -0.2) is 32.5 Å². The Labute approximate surface area is 173 Å². The summed E-state index contributed by atoms with van der Waals surface area (Å²) < 4.78 is 3.87. The zero-order valence-electron chi connectivity index (χ0n) is 15.8. The van der Waals surface area contributed by atoms with Gasteiger partial charge in [-0.2, -0.15) is 15.5 Å². The molecule has 1 aliphatic rings. The Kier molecular flexibility index (Phi) is 4.80. The standard InChI is InChI=1S/C22H20N6S/c23-10-17-11-26-28-14-16(9-21(22(17)28)29-20-6-2-1-3-7-20)18-12-25-27(15-18)19-5-4-8-24-13-19/h1-3,6-7,9,11-12,14-15,19,24H,4-5,8,13H2. The molecule has 0 amide bonds. The van der Waals surface area contributed by atoms with E-state index in [1.165, 1.54) is 6.42 Å². The summed E-state index contributed by atoms with van der Waals surface area (Å²) in [7, 11) is 0. The summed E-state index contributed by atoms with van der Waals surface area (Å²) in [6.45, 7) is 2.04. The summed E-state index contributed by atoms with van der Waals surface area (Å²) in [5.41, 5.74) is 3.52. The lowest BCUT2D eigenvalue weighted by Gasteiger charge is -2.22. The second-order valence-corrected chi connectivity index (χ2v) is 8.30. The third-order valence-electron chi connectivity index (χ3n) is 5.25. The summed E-state index contributed by atoms with van der Waals surface area (Å²) in [6, 6.07) is 15.0. The highest BCUT2D eigenvalue weighted by Crippen LogP contribution is 2.35. The van der Waals surface area contributed by atoms with Crippen LogP contribution in [0.25, 0.3) is 16.6 Å². The lowest BCUT2D eigenvalue weighted by atomic mass is 10.1. The van der Waals surface area contributed by atoms with Gasteiger partial charge in [0.2, 0.25) is 0 Å². The Balaban J connectivity index is 1.56. The Morgan fingerprint density at radius 3 is 2.79 bits per heavy atom. The lowest BCUT2D eigenvalue weighted by Crippen LogP contribution is -2.31. The number of benzene rings is 1. The zero-order valence-corrected chi connectivity index (χ0v) is 16.6. The van der Waals surface area contributed by atoms with Crippen molar-refractivity contribution in [2.24, 2.45) is 0 Å². The SMILES string of the molecule is N#Cc1cnn2cc(-c3cnn(C4CCCNC4)c3)cc(Sc3ccccc3)c12. The summed E-state index contributed by atoms with van der Waals surface area (Å²) in [4.78, 5) is 2.13. The van der Waals surface area contributed by atoms with E-state index in [0.717, 1.165) is 45.9 Å². The number of hydrogen-bond acceptors (Lipinski definition) is 5. The highest BCUT2D eigenvalue weighted by atomic mass is 32.2. The smallest absolute Gasteiger partial charge is 0.103 e. The van der Waals surface area contributed by atoms with Crippen LogP contribution < -0.4 is 5.32 Å². The van der Waals surface area contributed by atoms with Gasteiger partial charge < -0.3 is 5.32 Å². The maximum atomic E-state index is 9.52. The van der Waals surface area contributed by atoms with Crippen molar-refractivity contribution in [2.45, 2.75) is 28.7 Å². The van der Waals surface area contributed by atoms with Crippen molar-refractivity contribution in [3.05, 3.63) is 66.7 Å². The molecule has 0 radical (unpaired) electrons. The fraction of sp³-hybridized carbons (Fsp3) is 0.227. The van der Waals surface area contributed by atoms with Gasteiger partial charge in [0.25, 0.3) is 0 Å². The van der Waals surface area contributed by atoms with E-state index in [-0.39, 0.29) is 0 Å². The van der Waals surface area contributed by atoms with Crippen molar-refractivity contribution in [3.63, 3.8) is 0 Å². The summed E-state index contributed by atoms with van der Waals surface area (Å²) in [5, 5.41) is 22.0. The average molecular weight is 401 g/mol. The van der Waals surface area contributed by atoms with E-state index in [1.54, 1.807) is 22.5 Å². The van der Waals surface area contributed by atoms with Crippen LogP contribution in [0, 0.1) is 11.3 Å². The van der Waals surface area contributed by atoms with Crippen molar-refractivity contribution in [3.8, 4) is 17.2 Å². The molecule has 4 heterocycles. The third-order valence-corrected chi connectivity index (χ3v) is 6.29. The fourth-order valence-corrected chi connectivity index (χ4v) is 4.80. The van der Waals surface area contributed by atoms with Crippen LogP contribution in [0.5, 0.6) is 0 Å². The normalized spacial score (nSPS) is 16.7. The molecule has 0 bridgehead atoms. The van der Waals surface area contributed by atoms with Crippen molar-refractivity contribution < 1.29 is 0 Å². The molecule has 5 rings (SSSR count). The van der Waals surface area contributed by atoms with Gasteiger partial charge in [0.1, 0.15) is 6.07 Å². The highest BCUT2D eigenvalue weighted by Gasteiger charge is 2.18. The molecule has 7 heteroatoms. The minimum atomic E-state index is 0.397. The second-order valence-electron chi connectivity index (χ2n) is 7.18. The summed E-state index contributed by atoms with van der Waals surface area (Å²) >= 11 is 1.65. The average Bonchev–Trinajstić information content (AvgIpc) is 3.42. The minimum absolute atomic E-state index is 0.397. The molecule has 0 saturated carbocycles. The third kappa shape index (κ3) is 3.53. The van der Waals surface area contributed by atoms with Gasteiger partial charge >= 0.3 is 0 Å². The summed E-state index contributed by atoms with van der Waals surface area (Å²) in [6.07, 6.45) is 9.96. The van der Waals surface area contributed by atoms with Gasteiger partial charge in [-0.05, 0) is 37.6 Å². The van der Waals surface area contributed by atoms with E-state index >= 15 is 0 Å². The van der Waals surface area contributed by atoms with Crippen LogP contribution in [0.15, 0.2) is 71.0 Å². The maximum Gasteiger partial charge on any atom is 0.103 e. The van der Waals surface area contributed by atoms with Crippen LogP contribution in [0.3, 0.4) is 0 Å². The number of fused-ring (bicyclic) bond motifs is 1. The Bertz CT molecular complexity index is 1180. The fourth-order valence-electron chi connectivity index (χ4n) is 3.76. The molecular formula is C22H20N6S. The van der Waals surface area contributed by atoms with Crippen LogP contribution in [-0.2, 0) is 0 Å². The molecule has 1 unspecified atom stereocenters. The Morgan fingerprint density at radius 1 is 1.10 bits per heavy atom. The number of nitrogens with one attached hydrogen (secondary N) is 1. The molecule has 1 aromatic carbocycles. The van der Waals surface area contributed by atoms with Gasteiger partial charge in [-0.3, -0.25) is 4.68 Å². The first-order valence-electron chi connectivity index (χ1n) is 9.71. The van der Waals surface area contributed by atoms with Gasteiger partial charge in [0.15, 0.2) is 0 Å². The number of nitriles is 1. The van der Waals surface area contributed by atoms with E-state index in [4.69, 9.17) is 0 Å². The first-order valence-corrected chi connectivity index (χ1v) is 10.5. The number of aromatic nitrogens is 4.